The normalized spacial score (nSPS) is 15.4. The number of pyridine rings is 9. The first-order valence-electron chi connectivity index (χ1n) is 38.7. The summed E-state index contributed by atoms with van der Waals surface area (Å²) in [4.78, 5) is 43.7. The third kappa shape index (κ3) is 25.5. The van der Waals surface area contributed by atoms with E-state index in [4.69, 9.17) is 5.11 Å². The van der Waals surface area contributed by atoms with Gasteiger partial charge in [0.2, 0.25) is 29.7 Å². The number of nitroso groups, excluding NO2 is 1. The molecular weight excluding hydrogens is 1730 g/mol. The summed E-state index contributed by atoms with van der Waals surface area (Å²) in [5, 5.41) is 40.8. The summed E-state index contributed by atoms with van der Waals surface area (Å²) in [6, 6.07) is 12.0. The Hall–Kier alpha value is -10.4. The van der Waals surface area contributed by atoms with Crippen molar-refractivity contribution in [1.29, 1.82) is 0 Å². The van der Waals surface area contributed by atoms with Gasteiger partial charge in [0, 0.05) is 122 Å². The monoisotopic (exact) mass is 1830 g/mol. The van der Waals surface area contributed by atoms with Gasteiger partial charge >= 0.3 is 5.69 Å². The smallest absolute Gasteiger partial charge is 0.346 e. The number of halogens is 18. The van der Waals surface area contributed by atoms with Crippen molar-refractivity contribution >= 4 is 73.4 Å². The quantitative estimate of drug-likeness (QED) is 0.0207. The Labute approximate surface area is 711 Å². The van der Waals surface area contributed by atoms with E-state index in [1.165, 1.54) is 51.3 Å². The molecule has 0 unspecified atom stereocenters. The molecule has 44 heteroatoms. The molecule has 0 radical (unpaired) electrons. The second-order valence-electron chi connectivity index (χ2n) is 33.5. The van der Waals surface area contributed by atoms with Crippen LogP contribution in [-0.2, 0) is 0 Å². The number of nitrogens with zero attached hydrogens (tertiary/aromatic N) is 13. The minimum absolute atomic E-state index is 0. The molecule has 4 aliphatic rings. The number of hydrogen-bond acceptors (Lipinski definition) is 18. The molecule has 2 aliphatic heterocycles. The molecule has 2 aliphatic carbocycles. The molecule has 15 rings (SSSR count). The zero-order chi connectivity index (χ0) is 92.7. The number of nitrogens with one attached hydrogen (secondary N) is 6. The summed E-state index contributed by atoms with van der Waals surface area (Å²) in [5.41, 5.74) is 2.46. The van der Waals surface area contributed by atoms with Gasteiger partial charge in [-0.2, -0.15) is 36.5 Å². The van der Waals surface area contributed by atoms with E-state index in [2.05, 4.69) is 86.6 Å². The van der Waals surface area contributed by atoms with Crippen LogP contribution in [0.25, 0.3) is 44.8 Å². The minimum Gasteiger partial charge on any atom is -0.412 e. The summed E-state index contributed by atoms with van der Waals surface area (Å²) in [6.45, 7) is 33.2. The van der Waals surface area contributed by atoms with E-state index < -0.39 is 135 Å². The van der Waals surface area contributed by atoms with Crippen LogP contribution in [0.5, 0.6) is 0 Å². The molecule has 125 heavy (non-hydrogen) atoms. The SMILES string of the molecule is C1CN[C@H](C2CC2)CN1.CC(C)(C)[Si](C)(C)c1c(F)c(F)nc(-c2[nH]nc3ncccc23)c1F.CC(C)(C)[Si](C)(C)c1c(F)cnc(F)c1F.CC(C)(C)[Si](C)(C)c1c(F)cnc(F)c1F.CN[N+](=O)c1cccnc1F.CO.Fc1cnc(F)c(F)c1.Fc1cnc(F)c(F)c1.O.OC1([C@@H]2CN(c3nc(-c4[nH]nc5ncccc45)c(F)cc3F)CCN2)CC1. The van der Waals surface area contributed by atoms with E-state index in [9.17, 15) is 84.7 Å². The Balaban J connectivity index is 0.000000228. The molecule has 23 nitrogen and oxygen atoms in total. The summed E-state index contributed by atoms with van der Waals surface area (Å²) in [6.07, 6.45) is 11.5. The Morgan fingerprint density at radius 2 is 0.928 bits per heavy atom. The number of piperazine rings is 2. The predicted octanol–water partition coefficient (Wildman–Crippen LogP) is 14.7. The average Bonchev–Trinajstić information content (AvgIpc) is 1.61. The lowest BCUT2D eigenvalue weighted by Gasteiger charge is -2.37. The first-order valence-corrected chi connectivity index (χ1v) is 47.7. The molecule has 4 fully saturated rings. The van der Waals surface area contributed by atoms with Crippen LogP contribution in [0.2, 0.25) is 54.4 Å². The second kappa shape index (κ2) is 43.2. The number of H-pyrrole nitrogens is 2. The number of aromatic nitrogens is 13. The highest BCUT2D eigenvalue weighted by Crippen LogP contribution is 2.43. The van der Waals surface area contributed by atoms with E-state index in [1.807, 2.05) is 102 Å². The van der Waals surface area contributed by atoms with Gasteiger partial charge in [0.25, 0.3) is 5.95 Å². The number of anilines is 1. The van der Waals surface area contributed by atoms with E-state index in [1.54, 1.807) is 41.6 Å². The molecule has 680 valence electrons. The molecule has 11 aromatic heterocycles. The molecule has 2 atom stereocenters. The number of hydrazine groups is 1. The summed E-state index contributed by atoms with van der Waals surface area (Å²) in [5.74, 6) is -17.6. The van der Waals surface area contributed by atoms with Crippen LogP contribution in [0.3, 0.4) is 0 Å². The van der Waals surface area contributed by atoms with Crippen LogP contribution < -0.4 is 41.8 Å². The molecule has 2 saturated carbocycles. The topological polar surface area (TPSA) is 317 Å². The van der Waals surface area contributed by atoms with Gasteiger partial charge < -0.3 is 36.5 Å². The van der Waals surface area contributed by atoms with Gasteiger partial charge in [-0.25, -0.2) is 97.5 Å². The van der Waals surface area contributed by atoms with Crippen molar-refractivity contribution in [1.82, 2.24) is 86.6 Å². The molecular formula is C81H100F18N19O4Si3+. The van der Waals surface area contributed by atoms with Gasteiger partial charge in [-0.15, -0.1) is 5.43 Å². The fraction of sp³-hybridized carbons (Fsp3) is 0.420. The summed E-state index contributed by atoms with van der Waals surface area (Å²) in [7, 11) is -5.15. The van der Waals surface area contributed by atoms with Crippen molar-refractivity contribution in [2.24, 2.45) is 5.92 Å². The first kappa shape index (κ1) is 103. The van der Waals surface area contributed by atoms with Gasteiger partial charge in [-0.3, -0.25) is 10.2 Å². The number of aliphatic hydroxyl groups is 2. The lowest BCUT2D eigenvalue weighted by molar-refractivity contribution is -0.525. The standard InChI is InChI=1S/C18H18F2N6O.C17H19F3N4Si.2C11H16F3NSi.C7H14N2.C6H7FN3O.2C5H2F3N.CH4O.H2O/c19-11-8-12(20)17(26-7-6-21-13(9-26)18(27)3-4-18)23-15(11)14-10-2-1-5-22-16(10)25-24-14;1-17(2,3)25(4,5)14-10(18)13(22-15(20)11(14)19)12-9-7-6-8-21-16(9)24-23-12;2*1-11(2,3)16(4,5)9-7(12)6-15-10(14)8(9)13;1-2-6(1)7-5-8-3-4-9-7;1-8-10(11)5-3-2-4-9-6(5)7;2*6-3-1-4(7)5(8)9-2-3;1-2;/h1-2,5,8,13,21,27H,3-4,6-7,9H2,(H,22,24,25);6-8H,1-5H3,(H,21,23,24);2*6H,1-5H3;6-9H,1-5H2;2-4H,1H3,(H,8,11);2*1-2H;2H,1H3;1H2/q;;;;;+1;;;;/t13-;;;;7-;;;;;/m0...0...../s1. The van der Waals surface area contributed by atoms with E-state index in [-0.39, 0.29) is 70.8 Å². The number of fused-ring (bicyclic) bond motifs is 2. The molecule has 0 amide bonds. The van der Waals surface area contributed by atoms with Gasteiger partial charge in [0.05, 0.1) is 84.0 Å². The Bertz CT molecular complexity index is 5350. The van der Waals surface area contributed by atoms with Crippen molar-refractivity contribution < 1.29 is 99.6 Å². The van der Waals surface area contributed by atoms with Crippen molar-refractivity contribution in [3.63, 3.8) is 0 Å². The molecule has 11 aromatic rings. The molecule has 13 heterocycles. The maximum absolute atomic E-state index is 15.3. The highest BCUT2D eigenvalue weighted by molar-refractivity contribution is 6.93. The highest BCUT2D eigenvalue weighted by Gasteiger charge is 2.50. The number of hydrogen-bond donors (Lipinski definition) is 8. The van der Waals surface area contributed by atoms with Gasteiger partial charge in [-0.05, 0) is 77.0 Å². The summed E-state index contributed by atoms with van der Waals surface area (Å²) < 4.78 is 238. The number of aliphatic hydroxyl groups excluding tert-OH is 1. The fourth-order valence-electron chi connectivity index (χ4n) is 12.0. The number of aromatic amines is 2. The predicted molar refractivity (Wildman–Crippen MR) is 445 cm³/mol. The molecule has 10 N–H and O–H groups in total. The van der Waals surface area contributed by atoms with Crippen molar-refractivity contribution in [2.45, 2.75) is 160 Å². The van der Waals surface area contributed by atoms with E-state index in [0.29, 0.717) is 76.8 Å². The Kier molecular flexibility index (Phi) is 35.8. The average molecular weight is 1830 g/mol. The van der Waals surface area contributed by atoms with Crippen LogP contribution in [0.1, 0.15) is 88.0 Å². The molecule has 2 saturated heterocycles. The van der Waals surface area contributed by atoms with E-state index in [0.717, 1.165) is 56.9 Å². The van der Waals surface area contributed by atoms with Crippen molar-refractivity contribution in [3.8, 4) is 22.8 Å². The lowest BCUT2D eigenvalue weighted by atomic mass is 10.1. The zero-order valence-electron chi connectivity index (χ0n) is 71.5. The van der Waals surface area contributed by atoms with Crippen LogP contribution in [0, 0.1) is 116 Å². The van der Waals surface area contributed by atoms with Crippen molar-refractivity contribution in [2.75, 3.05) is 58.3 Å². The Morgan fingerprint density at radius 1 is 0.488 bits per heavy atom. The van der Waals surface area contributed by atoms with Crippen LogP contribution in [0.4, 0.5) is 90.5 Å². The molecule has 0 spiro atoms. The minimum atomic E-state index is -2.69. The zero-order valence-corrected chi connectivity index (χ0v) is 74.5. The number of rotatable bonds is 10. The largest absolute Gasteiger partial charge is 0.412 e. The second-order valence-corrected chi connectivity index (χ2v) is 49.2. The van der Waals surface area contributed by atoms with Crippen LogP contribution >= 0.6 is 0 Å². The lowest BCUT2D eigenvalue weighted by Crippen LogP contribution is -2.57. The maximum Gasteiger partial charge on any atom is 0.346 e. The van der Waals surface area contributed by atoms with E-state index >= 15 is 4.39 Å². The van der Waals surface area contributed by atoms with Crippen LogP contribution in [0.15, 0.2) is 98.0 Å². The molecule has 0 aromatic carbocycles. The third-order valence-electron chi connectivity index (χ3n) is 22.3. The highest BCUT2D eigenvalue weighted by atomic mass is 28.3. The van der Waals surface area contributed by atoms with Crippen molar-refractivity contribution in [3.05, 3.63) is 208 Å². The summed E-state index contributed by atoms with van der Waals surface area (Å²) >= 11 is 0. The first-order chi connectivity index (χ1) is 57.9. The maximum atomic E-state index is 15.3. The van der Waals surface area contributed by atoms with Crippen LogP contribution in [-0.4, -0.2) is 181 Å². The van der Waals surface area contributed by atoms with Gasteiger partial charge in [0.1, 0.15) is 34.7 Å². The van der Waals surface area contributed by atoms with Gasteiger partial charge in [0.15, 0.2) is 68.5 Å². The molecule has 0 bridgehead atoms. The fourth-order valence-corrected chi connectivity index (χ4v) is 18.2. The third-order valence-corrected chi connectivity index (χ3v) is 38.6. The Morgan fingerprint density at radius 3 is 1.34 bits per heavy atom. The van der Waals surface area contributed by atoms with Gasteiger partial charge in [-0.1, -0.05) is 102 Å².